The molecule has 124 valence electrons. The Bertz CT molecular complexity index is 503. The molecule has 0 aromatic rings. The van der Waals surface area contributed by atoms with Crippen molar-refractivity contribution in [3.63, 3.8) is 0 Å². The van der Waals surface area contributed by atoms with Crippen LogP contribution in [0.1, 0.15) is 71.6 Å². The fraction of sp³-hybridized carbons (Fsp3) is 0.947. The van der Waals surface area contributed by atoms with Crippen LogP contribution in [-0.2, 0) is 4.79 Å². The van der Waals surface area contributed by atoms with E-state index in [1.54, 1.807) is 0 Å². The normalized spacial score (nSPS) is 57.9. The first kappa shape index (κ1) is 15.1. The highest BCUT2D eigenvalue weighted by molar-refractivity contribution is 5.91. The summed E-state index contributed by atoms with van der Waals surface area (Å²) in [5, 5.41) is 22.4. The average Bonchev–Trinajstić information content (AvgIpc) is 2.74. The van der Waals surface area contributed by atoms with E-state index in [4.69, 9.17) is 0 Å². The standard InChI is InChI=1S/C19H30O3/c1-17-9-4-3-5-12(17)6-7-13-14(17)11-16(21)18(2)10-8-15(20)19(13,18)22/h12-14,16,21-22H,3-11H2,1-2H3. The largest absolute Gasteiger partial charge is 0.392 e. The number of rotatable bonds is 0. The maximum Gasteiger partial charge on any atom is 0.165 e. The molecular weight excluding hydrogens is 276 g/mol. The quantitative estimate of drug-likeness (QED) is 0.723. The number of carbonyl (C=O) groups is 1. The molecule has 0 aromatic heterocycles. The number of aliphatic hydroxyl groups is 2. The third kappa shape index (κ3) is 1.57. The van der Waals surface area contributed by atoms with Crippen molar-refractivity contribution >= 4 is 5.78 Å². The minimum Gasteiger partial charge on any atom is -0.392 e. The van der Waals surface area contributed by atoms with E-state index in [0.29, 0.717) is 18.8 Å². The lowest BCUT2D eigenvalue weighted by Gasteiger charge is -2.63. The van der Waals surface area contributed by atoms with Crippen molar-refractivity contribution < 1.29 is 15.0 Å². The Morgan fingerprint density at radius 3 is 2.59 bits per heavy atom. The van der Waals surface area contributed by atoms with E-state index >= 15 is 0 Å². The number of hydrogen-bond donors (Lipinski definition) is 2. The second kappa shape index (κ2) is 4.57. The van der Waals surface area contributed by atoms with E-state index in [2.05, 4.69) is 6.92 Å². The molecule has 0 bridgehead atoms. The zero-order valence-corrected chi connectivity index (χ0v) is 14.0. The van der Waals surface area contributed by atoms with Gasteiger partial charge in [0.05, 0.1) is 6.10 Å². The number of carbonyl (C=O) groups excluding carboxylic acids is 1. The van der Waals surface area contributed by atoms with Gasteiger partial charge in [0.25, 0.3) is 0 Å². The van der Waals surface area contributed by atoms with Gasteiger partial charge in [-0.25, -0.2) is 0 Å². The SMILES string of the molecule is CC12CCCCC1CCC1C2CC(O)C2(C)CCC(=O)C12O. The lowest BCUT2D eigenvalue weighted by Crippen LogP contribution is -2.67. The van der Waals surface area contributed by atoms with Gasteiger partial charge in [-0.05, 0) is 61.7 Å². The monoisotopic (exact) mass is 306 g/mol. The highest BCUT2D eigenvalue weighted by atomic mass is 16.3. The summed E-state index contributed by atoms with van der Waals surface area (Å²) in [5.41, 5.74) is -1.69. The summed E-state index contributed by atoms with van der Waals surface area (Å²) >= 11 is 0. The van der Waals surface area contributed by atoms with Crippen LogP contribution in [0.15, 0.2) is 0 Å². The smallest absolute Gasteiger partial charge is 0.165 e. The van der Waals surface area contributed by atoms with Gasteiger partial charge in [0.2, 0.25) is 0 Å². The van der Waals surface area contributed by atoms with Crippen LogP contribution < -0.4 is 0 Å². The lowest BCUT2D eigenvalue weighted by atomic mass is 9.43. The van der Waals surface area contributed by atoms with Gasteiger partial charge in [-0.1, -0.05) is 26.7 Å². The van der Waals surface area contributed by atoms with Crippen LogP contribution in [0.25, 0.3) is 0 Å². The van der Waals surface area contributed by atoms with Gasteiger partial charge in [0, 0.05) is 11.8 Å². The van der Waals surface area contributed by atoms with E-state index in [1.165, 1.54) is 25.7 Å². The molecule has 7 atom stereocenters. The Morgan fingerprint density at radius 2 is 1.82 bits per heavy atom. The highest BCUT2D eigenvalue weighted by Gasteiger charge is 2.70. The molecule has 4 aliphatic carbocycles. The van der Waals surface area contributed by atoms with E-state index in [1.807, 2.05) is 6.92 Å². The van der Waals surface area contributed by atoms with Gasteiger partial charge in [0.15, 0.2) is 5.78 Å². The molecule has 0 radical (unpaired) electrons. The second-order valence-electron chi connectivity index (χ2n) is 9.10. The topological polar surface area (TPSA) is 57.5 Å². The second-order valence-corrected chi connectivity index (χ2v) is 9.10. The molecule has 0 heterocycles. The molecule has 3 heteroatoms. The Hall–Kier alpha value is -0.410. The van der Waals surface area contributed by atoms with Crippen LogP contribution in [0.3, 0.4) is 0 Å². The number of aliphatic hydroxyl groups excluding tert-OH is 1. The molecule has 0 aliphatic heterocycles. The van der Waals surface area contributed by atoms with Crippen LogP contribution >= 0.6 is 0 Å². The van der Waals surface area contributed by atoms with E-state index in [-0.39, 0.29) is 17.1 Å². The Kier molecular flexibility index (Phi) is 3.14. The van der Waals surface area contributed by atoms with Gasteiger partial charge in [-0.3, -0.25) is 4.79 Å². The molecule has 0 spiro atoms. The van der Waals surface area contributed by atoms with Gasteiger partial charge >= 0.3 is 0 Å². The van der Waals surface area contributed by atoms with Gasteiger partial charge < -0.3 is 10.2 Å². The molecule has 4 fully saturated rings. The van der Waals surface area contributed by atoms with Crippen molar-refractivity contribution in [2.45, 2.75) is 83.3 Å². The van der Waals surface area contributed by atoms with Crippen LogP contribution in [0, 0.1) is 28.6 Å². The summed E-state index contributed by atoms with van der Waals surface area (Å²) in [6.45, 7) is 4.33. The molecule has 3 nitrogen and oxygen atoms in total. The zero-order valence-electron chi connectivity index (χ0n) is 14.0. The summed E-state index contributed by atoms with van der Waals surface area (Å²) < 4.78 is 0. The van der Waals surface area contributed by atoms with E-state index in [0.717, 1.165) is 25.2 Å². The fourth-order valence-corrected chi connectivity index (χ4v) is 6.99. The maximum absolute atomic E-state index is 12.6. The molecule has 22 heavy (non-hydrogen) atoms. The number of Topliss-reactive ketones (excluding diaryl/α,β-unsaturated/α-hetero) is 1. The molecule has 0 aromatic carbocycles. The lowest BCUT2D eigenvalue weighted by molar-refractivity contribution is -0.229. The first-order valence-corrected chi connectivity index (χ1v) is 9.28. The summed E-state index contributed by atoms with van der Waals surface area (Å²) in [4.78, 5) is 12.6. The van der Waals surface area contributed by atoms with Crippen molar-refractivity contribution in [1.29, 1.82) is 0 Å². The third-order valence-electron chi connectivity index (χ3n) is 8.53. The van der Waals surface area contributed by atoms with E-state index in [9.17, 15) is 15.0 Å². The summed E-state index contributed by atoms with van der Waals surface area (Å²) in [5.74, 6) is 1.10. The number of fused-ring (bicyclic) bond motifs is 5. The molecule has 0 saturated heterocycles. The third-order valence-corrected chi connectivity index (χ3v) is 8.53. The molecule has 0 amide bonds. The van der Waals surface area contributed by atoms with Crippen molar-refractivity contribution in [2.75, 3.05) is 0 Å². The number of hydrogen-bond acceptors (Lipinski definition) is 3. The highest BCUT2D eigenvalue weighted by Crippen LogP contribution is 2.66. The van der Waals surface area contributed by atoms with Crippen LogP contribution in [0.5, 0.6) is 0 Å². The molecule has 2 N–H and O–H groups in total. The van der Waals surface area contributed by atoms with Crippen LogP contribution in [-0.4, -0.2) is 27.7 Å². The predicted octanol–water partition coefficient (Wildman–Crippen LogP) is 3.07. The van der Waals surface area contributed by atoms with Crippen molar-refractivity contribution in [2.24, 2.45) is 28.6 Å². The van der Waals surface area contributed by atoms with Crippen molar-refractivity contribution in [1.82, 2.24) is 0 Å². The molecule has 7 unspecified atom stereocenters. The van der Waals surface area contributed by atoms with Crippen molar-refractivity contribution in [3.05, 3.63) is 0 Å². The molecule has 4 aliphatic rings. The average molecular weight is 306 g/mol. The Morgan fingerprint density at radius 1 is 1.05 bits per heavy atom. The molecular formula is C19H30O3. The fourth-order valence-electron chi connectivity index (χ4n) is 6.99. The minimum absolute atomic E-state index is 0.00149. The van der Waals surface area contributed by atoms with Gasteiger partial charge in [-0.15, -0.1) is 0 Å². The Balaban J connectivity index is 1.78. The summed E-state index contributed by atoms with van der Waals surface area (Å²) in [6, 6.07) is 0. The molecule has 4 rings (SSSR count). The van der Waals surface area contributed by atoms with Crippen LogP contribution in [0.4, 0.5) is 0 Å². The summed E-state index contributed by atoms with van der Waals surface area (Å²) in [6.07, 6.45) is 8.52. The zero-order chi connectivity index (χ0) is 15.8. The van der Waals surface area contributed by atoms with Gasteiger partial charge in [-0.2, -0.15) is 0 Å². The minimum atomic E-state index is -1.28. The maximum atomic E-state index is 12.6. The number of ketones is 1. The summed E-state index contributed by atoms with van der Waals surface area (Å²) in [7, 11) is 0. The predicted molar refractivity (Wildman–Crippen MR) is 84.2 cm³/mol. The Labute approximate surface area is 133 Å². The first-order valence-electron chi connectivity index (χ1n) is 9.28. The van der Waals surface area contributed by atoms with E-state index < -0.39 is 17.1 Å². The van der Waals surface area contributed by atoms with Gasteiger partial charge in [0.1, 0.15) is 5.60 Å². The first-order chi connectivity index (χ1) is 10.3. The molecule has 4 saturated carbocycles. The van der Waals surface area contributed by atoms with Crippen LogP contribution in [0.2, 0.25) is 0 Å². The van der Waals surface area contributed by atoms with Crippen molar-refractivity contribution in [3.8, 4) is 0 Å².